The second kappa shape index (κ2) is 4.04. The van der Waals surface area contributed by atoms with Gasteiger partial charge in [-0.15, -0.1) is 0 Å². The maximum Gasteiger partial charge on any atom is 0.242 e. The molecule has 1 aromatic heterocycles. The number of rotatable bonds is 3. The largest absolute Gasteiger partial charge is 0.320 e. The first-order chi connectivity index (χ1) is 6.15. The smallest absolute Gasteiger partial charge is 0.242 e. The van der Waals surface area contributed by atoms with Gasteiger partial charge in [-0.1, -0.05) is 6.92 Å². The standard InChI is InChI=1S/C8H14N4O/c1-3-6(9)8(13)11-7-4-5-10-12(7)2/h4-6H,3,9H2,1-2H3,(H,11,13)/t6-/m0/s1. The van der Waals surface area contributed by atoms with Crippen LogP contribution in [0.1, 0.15) is 13.3 Å². The normalized spacial score (nSPS) is 12.5. The van der Waals surface area contributed by atoms with E-state index in [9.17, 15) is 4.79 Å². The lowest BCUT2D eigenvalue weighted by atomic mass is 10.2. The average molecular weight is 182 g/mol. The highest BCUT2D eigenvalue weighted by Gasteiger charge is 2.11. The van der Waals surface area contributed by atoms with Gasteiger partial charge < -0.3 is 11.1 Å². The van der Waals surface area contributed by atoms with Crippen LogP contribution in [0.15, 0.2) is 12.3 Å². The van der Waals surface area contributed by atoms with Gasteiger partial charge in [-0.25, -0.2) is 0 Å². The van der Waals surface area contributed by atoms with Crippen molar-refractivity contribution in [3.05, 3.63) is 12.3 Å². The Bertz CT molecular complexity index is 294. The zero-order chi connectivity index (χ0) is 9.84. The molecule has 13 heavy (non-hydrogen) atoms. The number of hydrogen-bond donors (Lipinski definition) is 2. The predicted molar refractivity (Wildman–Crippen MR) is 50.1 cm³/mol. The molecule has 72 valence electrons. The third-order valence-corrected chi connectivity index (χ3v) is 1.85. The molecule has 5 nitrogen and oxygen atoms in total. The van der Waals surface area contributed by atoms with Crippen LogP contribution < -0.4 is 11.1 Å². The van der Waals surface area contributed by atoms with Gasteiger partial charge in [0.1, 0.15) is 5.82 Å². The minimum absolute atomic E-state index is 0.175. The minimum atomic E-state index is -0.449. The van der Waals surface area contributed by atoms with E-state index in [1.165, 1.54) is 0 Å². The Kier molecular flexibility index (Phi) is 3.02. The van der Waals surface area contributed by atoms with Crippen molar-refractivity contribution >= 4 is 11.7 Å². The topological polar surface area (TPSA) is 72.9 Å². The molecule has 0 aromatic carbocycles. The number of hydrogen-bond acceptors (Lipinski definition) is 3. The number of nitrogens with two attached hydrogens (primary N) is 1. The second-order valence-electron chi connectivity index (χ2n) is 2.84. The molecule has 1 rings (SSSR count). The maximum atomic E-state index is 11.3. The summed E-state index contributed by atoms with van der Waals surface area (Å²) in [5.74, 6) is 0.486. The molecular weight excluding hydrogens is 168 g/mol. The summed E-state index contributed by atoms with van der Waals surface area (Å²) in [4.78, 5) is 11.3. The van der Waals surface area contributed by atoms with Gasteiger partial charge in [0.15, 0.2) is 0 Å². The summed E-state index contributed by atoms with van der Waals surface area (Å²) in [6.07, 6.45) is 2.25. The number of amides is 1. The zero-order valence-electron chi connectivity index (χ0n) is 7.82. The number of anilines is 1. The van der Waals surface area contributed by atoms with Gasteiger partial charge in [0.25, 0.3) is 0 Å². The van der Waals surface area contributed by atoms with Gasteiger partial charge in [-0.2, -0.15) is 5.10 Å². The molecule has 0 radical (unpaired) electrons. The van der Waals surface area contributed by atoms with Crippen LogP contribution in [0.2, 0.25) is 0 Å². The summed E-state index contributed by atoms with van der Waals surface area (Å²) < 4.78 is 1.58. The Morgan fingerprint density at radius 2 is 2.54 bits per heavy atom. The van der Waals surface area contributed by atoms with Gasteiger partial charge in [-0.3, -0.25) is 9.48 Å². The molecule has 0 aliphatic carbocycles. The highest BCUT2D eigenvalue weighted by Crippen LogP contribution is 2.03. The molecule has 1 amide bonds. The molecule has 5 heteroatoms. The third kappa shape index (κ3) is 2.29. The van der Waals surface area contributed by atoms with Crippen LogP contribution in [0.25, 0.3) is 0 Å². The first-order valence-corrected chi connectivity index (χ1v) is 4.19. The number of aromatic nitrogens is 2. The van der Waals surface area contributed by atoms with Crippen LogP contribution in [0.4, 0.5) is 5.82 Å². The van der Waals surface area contributed by atoms with E-state index >= 15 is 0 Å². The Balaban J connectivity index is 2.60. The van der Waals surface area contributed by atoms with Crippen LogP contribution in [0, 0.1) is 0 Å². The second-order valence-corrected chi connectivity index (χ2v) is 2.84. The lowest BCUT2D eigenvalue weighted by Crippen LogP contribution is -2.35. The van der Waals surface area contributed by atoms with Gasteiger partial charge in [0.05, 0.1) is 12.2 Å². The van der Waals surface area contributed by atoms with E-state index in [1.807, 2.05) is 6.92 Å². The summed E-state index contributed by atoms with van der Waals surface area (Å²) in [6, 6.07) is 1.27. The molecule has 0 fully saturated rings. The number of carbonyl (C=O) groups is 1. The number of aryl methyl sites for hydroxylation is 1. The summed E-state index contributed by atoms with van der Waals surface area (Å²) in [5.41, 5.74) is 5.54. The molecule has 1 atom stereocenters. The van der Waals surface area contributed by atoms with E-state index in [0.29, 0.717) is 12.2 Å². The van der Waals surface area contributed by atoms with Gasteiger partial charge in [0.2, 0.25) is 5.91 Å². The summed E-state index contributed by atoms with van der Waals surface area (Å²) in [7, 11) is 1.76. The van der Waals surface area contributed by atoms with Crippen molar-refractivity contribution in [2.45, 2.75) is 19.4 Å². The molecule has 0 unspecified atom stereocenters. The summed E-state index contributed by atoms with van der Waals surface area (Å²) in [5, 5.41) is 6.59. The molecule has 0 saturated carbocycles. The van der Waals surface area contributed by atoms with Crippen LogP contribution >= 0.6 is 0 Å². The van der Waals surface area contributed by atoms with Crippen molar-refractivity contribution in [2.75, 3.05) is 5.32 Å². The fraction of sp³-hybridized carbons (Fsp3) is 0.500. The Morgan fingerprint density at radius 1 is 1.85 bits per heavy atom. The molecule has 1 heterocycles. The van der Waals surface area contributed by atoms with Crippen molar-refractivity contribution in [3.63, 3.8) is 0 Å². The van der Waals surface area contributed by atoms with Crippen LogP contribution in [-0.4, -0.2) is 21.7 Å². The lowest BCUT2D eigenvalue weighted by molar-refractivity contribution is -0.117. The quantitative estimate of drug-likeness (QED) is 0.696. The fourth-order valence-corrected chi connectivity index (χ4v) is 0.901. The lowest BCUT2D eigenvalue weighted by Gasteiger charge is -2.09. The van der Waals surface area contributed by atoms with Crippen LogP contribution in [-0.2, 0) is 11.8 Å². The molecule has 0 spiro atoms. The maximum absolute atomic E-state index is 11.3. The third-order valence-electron chi connectivity index (χ3n) is 1.85. The van der Waals surface area contributed by atoms with E-state index < -0.39 is 6.04 Å². The van der Waals surface area contributed by atoms with E-state index in [1.54, 1.807) is 24.0 Å². The summed E-state index contributed by atoms with van der Waals surface area (Å²) >= 11 is 0. The van der Waals surface area contributed by atoms with Gasteiger partial charge >= 0.3 is 0 Å². The number of nitrogens with zero attached hydrogens (tertiary/aromatic N) is 2. The fourth-order valence-electron chi connectivity index (χ4n) is 0.901. The molecule has 0 aliphatic rings. The average Bonchev–Trinajstić information content (AvgIpc) is 2.50. The van der Waals surface area contributed by atoms with E-state index in [4.69, 9.17) is 5.73 Å². The Hall–Kier alpha value is -1.36. The molecule has 3 N–H and O–H groups in total. The van der Waals surface area contributed by atoms with Crippen molar-refractivity contribution < 1.29 is 4.79 Å². The number of carbonyl (C=O) groups excluding carboxylic acids is 1. The highest BCUT2D eigenvalue weighted by molar-refractivity contribution is 5.93. The first-order valence-electron chi connectivity index (χ1n) is 4.19. The van der Waals surface area contributed by atoms with E-state index in [-0.39, 0.29) is 5.91 Å². The van der Waals surface area contributed by atoms with E-state index in [2.05, 4.69) is 10.4 Å². The summed E-state index contributed by atoms with van der Waals surface area (Å²) in [6.45, 7) is 1.87. The molecule has 0 aliphatic heterocycles. The van der Waals surface area contributed by atoms with Crippen molar-refractivity contribution in [1.82, 2.24) is 9.78 Å². The van der Waals surface area contributed by atoms with Crippen LogP contribution in [0.3, 0.4) is 0 Å². The van der Waals surface area contributed by atoms with E-state index in [0.717, 1.165) is 0 Å². The van der Waals surface area contributed by atoms with Crippen LogP contribution in [0.5, 0.6) is 0 Å². The molecule has 1 aromatic rings. The molecule has 0 saturated heterocycles. The number of nitrogens with one attached hydrogen (secondary N) is 1. The van der Waals surface area contributed by atoms with Gasteiger partial charge in [-0.05, 0) is 6.42 Å². The Morgan fingerprint density at radius 3 is 3.00 bits per heavy atom. The zero-order valence-corrected chi connectivity index (χ0v) is 7.82. The molecular formula is C8H14N4O. The monoisotopic (exact) mass is 182 g/mol. The molecule has 0 bridgehead atoms. The van der Waals surface area contributed by atoms with Crippen molar-refractivity contribution in [1.29, 1.82) is 0 Å². The van der Waals surface area contributed by atoms with Gasteiger partial charge in [0, 0.05) is 13.1 Å². The predicted octanol–water partition coefficient (Wildman–Crippen LogP) is 0.0959. The Labute approximate surface area is 76.9 Å². The van der Waals surface area contributed by atoms with Crippen molar-refractivity contribution in [2.24, 2.45) is 12.8 Å². The minimum Gasteiger partial charge on any atom is -0.320 e. The first kappa shape index (κ1) is 9.73. The van der Waals surface area contributed by atoms with Crippen molar-refractivity contribution in [3.8, 4) is 0 Å². The SMILES string of the molecule is CC[C@H](N)C(=O)Nc1ccnn1C. The highest BCUT2D eigenvalue weighted by atomic mass is 16.2.